The highest BCUT2D eigenvalue weighted by atomic mass is 16.5. The molecule has 3 nitrogen and oxygen atoms in total. The van der Waals surface area contributed by atoms with Gasteiger partial charge in [-0.05, 0) is 29.8 Å². The number of hydrogen-bond donors (Lipinski definition) is 1. The van der Waals surface area contributed by atoms with Crippen molar-refractivity contribution < 1.29 is 4.74 Å². The number of rotatable bonds is 7. The maximum atomic E-state index is 5.90. The summed E-state index contributed by atoms with van der Waals surface area (Å²) >= 11 is 0. The molecule has 112 valence electrons. The first-order valence-corrected chi connectivity index (χ1v) is 7.37. The SMILES string of the molecule is CCNCc1cccc(COc2cccc(N(C)C)c2)c1. The molecule has 0 atom stereocenters. The second-order valence-electron chi connectivity index (χ2n) is 5.28. The summed E-state index contributed by atoms with van der Waals surface area (Å²) < 4.78 is 5.90. The van der Waals surface area contributed by atoms with Crippen molar-refractivity contribution in [2.75, 3.05) is 25.5 Å². The van der Waals surface area contributed by atoms with Crippen LogP contribution in [0.2, 0.25) is 0 Å². The predicted octanol–water partition coefficient (Wildman–Crippen LogP) is 3.44. The normalized spacial score (nSPS) is 10.4. The Balaban J connectivity index is 1.97. The zero-order chi connectivity index (χ0) is 15.1. The van der Waals surface area contributed by atoms with E-state index in [1.54, 1.807) is 0 Å². The van der Waals surface area contributed by atoms with Gasteiger partial charge < -0.3 is 15.0 Å². The summed E-state index contributed by atoms with van der Waals surface area (Å²) in [4.78, 5) is 2.07. The van der Waals surface area contributed by atoms with E-state index in [1.165, 1.54) is 11.1 Å². The Morgan fingerprint density at radius 3 is 2.52 bits per heavy atom. The van der Waals surface area contributed by atoms with E-state index in [1.807, 2.05) is 26.2 Å². The molecule has 0 spiro atoms. The molecule has 0 heterocycles. The van der Waals surface area contributed by atoms with Crippen LogP contribution in [0.3, 0.4) is 0 Å². The van der Waals surface area contributed by atoms with E-state index in [2.05, 4.69) is 53.5 Å². The Morgan fingerprint density at radius 1 is 1.00 bits per heavy atom. The van der Waals surface area contributed by atoms with E-state index in [0.29, 0.717) is 6.61 Å². The summed E-state index contributed by atoms with van der Waals surface area (Å²) in [6, 6.07) is 16.7. The molecule has 21 heavy (non-hydrogen) atoms. The van der Waals surface area contributed by atoms with E-state index < -0.39 is 0 Å². The van der Waals surface area contributed by atoms with Gasteiger partial charge in [0.1, 0.15) is 12.4 Å². The van der Waals surface area contributed by atoms with Crippen molar-refractivity contribution in [3.05, 3.63) is 59.7 Å². The predicted molar refractivity (Wildman–Crippen MR) is 88.9 cm³/mol. The van der Waals surface area contributed by atoms with Crippen LogP contribution in [0, 0.1) is 0 Å². The third-order valence-electron chi connectivity index (χ3n) is 3.31. The van der Waals surface area contributed by atoms with E-state index >= 15 is 0 Å². The number of anilines is 1. The lowest BCUT2D eigenvalue weighted by Gasteiger charge is -2.14. The van der Waals surface area contributed by atoms with Crippen molar-refractivity contribution >= 4 is 5.69 Å². The van der Waals surface area contributed by atoms with Gasteiger partial charge >= 0.3 is 0 Å². The van der Waals surface area contributed by atoms with E-state index in [9.17, 15) is 0 Å². The van der Waals surface area contributed by atoms with Crippen molar-refractivity contribution in [3.8, 4) is 5.75 Å². The Morgan fingerprint density at radius 2 is 1.76 bits per heavy atom. The standard InChI is InChI=1S/C18H24N2O/c1-4-19-13-15-7-5-8-16(11-15)14-21-18-10-6-9-17(12-18)20(2)3/h5-12,19H,4,13-14H2,1-3H3. The number of ether oxygens (including phenoxy) is 1. The summed E-state index contributed by atoms with van der Waals surface area (Å²) in [6.07, 6.45) is 0. The maximum absolute atomic E-state index is 5.90. The van der Waals surface area contributed by atoms with Gasteiger partial charge in [-0.2, -0.15) is 0 Å². The van der Waals surface area contributed by atoms with Gasteiger partial charge in [-0.25, -0.2) is 0 Å². The Kier molecular flexibility index (Phi) is 5.64. The lowest BCUT2D eigenvalue weighted by Crippen LogP contribution is -2.11. The minimum Gasteiger partial charge on any atom is -0.489 e. The monoisotopic (exact) mass is 284 g/mol. The molecule has 0 fully saturated rings. The van der Waals surface area contributed by atoms with Gasteiger partial charge in [0.05, 0.1) is 0 Å². The molecular weight excluding hydrogens is 260 g/mol. The van der Waals surface area contributed by atoms with Crippen LogP contribution >= 0.6 is 0 Å². The molecule has 0 saturated heterocycles. The summed E-state index contributed by atoms with van der Waals surface area (Å²) in [7, 11) is 4.06. The maximum Gasteiger partial charge on any atom is 0.121 e. The Labute approximate surface area is 127 Å². The molecule has 0 aliphatic carbocycles. The molecule has 3 heteroatoms. The third-order valence-corrected chi connectivity index (χ3v) is 3.31. The quantitative estimate of drug-likeness (QED) is 0.843. The van der Waals surface area contributed by atoms with Crippen LogP contribution in [0.25, 0.3) is 0 Å². The molecule has 2 aromatic carbocycles. The average Bonchev–Trinajstić information content (AvgIpc) is 2.51. The van der Waals surface area contributed by atoms with Crippen LogP contribution in [0.15, 0.2) is 48.5 Å². The second-order valence-corrected chi connectivity index (χ2v) is 5.28. The largest absolute Gasteiger partial charge is 0.489 e. The van der Waals surface area contributed by atoms with Gasteiger partial charge in [0.15, 0.2) is 0 Å². The number of hydrogen-bond acceptors (Lipinski definition) is 3. The van der Waals surface area contributed by atoms with Crippen LogP contribution in [0.4, 0.5) is 5.69 Å². The molecule has 0 radical (unpaired) electrons. The van der Waals surface area contributed by atoms with E-state index in [0.717, 1.165) is 24.5 Å². The number of nitrogens with zero attached hydrogens (tertiary/aromatic N) is 1. The molecular formula is C18H24N2O. The Bertz CT molecular complexity index is 567. The van der Waals surface area contributed by atoms with Crippen molar-refractivity contribution in [3.63, 3.8) is 0 Å². The van der Waals surface area contributed by atoms with E-state index in [4.69, 9.17) is 4.74 Å². The molecule has 0 amide bonds. The molecule has 0 aromatic heterocycles. The first-order chi connectivity index (χ1) is 10.2. The molecule has 0 unspecified atom stereocenters. The van der Waals surface area contributed by atoms with Crippen LogP contribution in [-0.2, 0) is 13.2 Å². The van der Waals surface area contributed by atoms with Crippen molar-refractivity contribution in [2.45, 2.75) is 20.1 Å². The van der Waals surface area contributed by atoms with Gasteiger partial charge in [0.2, 0.25) is 0 Å². The number of benzene rings is 2. The number of nitrogens with one attached hydrogen (secondary N) is 1. The smallest absolute Gasteiger partial charge is 0.121 e. The Hall–Kier alpha value is -2.00. The first kappa shape index (κ1) is 15.4. The molecule has 1 N–H and O–H groups in total. The van der Waals surface area contributed by atoms with Crippen molar-refractivity contribution in [2.24, 2.45) is 0 Å². The van der Waals surface area contributed by atoms with Crippen LogP contribution in [-0.4, -0.2) is 20.6 Å². The molecule has 0 aliphatic rings. The lowest BCUT2D eigenvalue weighted by molar-refractivity contribution is 0.306. The van der Waals surface area contributed by atoms with Crippen LogP contribution < -0.4 is 15.0 Å². The topological polar surface area (TPSA) is 24.5 Å². The van der Waals surface area contributed by atoms with Crippen molar-refractivity contribution in [1.82, 2.24) is 5.32 Å². The molecule has 0 bridgehead atoms. The summed E-state index contributed by atoms with van der Waals surface area (Å²) in [5.74, 6) is 0.901. The van der Waals surface area contributed by atoms with E-state index in [-0.39, 0.29) is 0 Å². The summed E-state index contributed by atoms with van der Waals surface area (Å²) in [5.41, 5.74) is 3.63. The fourth-order valence-corrected chi connectivity index (χ4v) is 2.12. The fourth-order valence-electron chi connectivity index (χ4n) is 2.12. The molecule has 2 rings (SSSR count). The van der Waals surface area contributed by atoms with Crippen LogP contribution in [0.5, 0.6) is 5.75 Å². The summed E-state index contributed by atoms with van der Waals surface area (Å²) in [5, 5.41) is 3.34. The third kappa shape index (κ3) is 4.80. The highest BCUT2D eigenvalue weighted by Crippen LogP contribution is 2.20. The fraction of sp³-hybridized carbons (Fsp3) is 0.333. The molecule has 2 aromatic rings. The van der Waals surface area contributed by atoms with Gasteiger partial charge in [0.25, 0.3) is 0 Å². The van der Waals surface area contributed by atoms with Crippen LogP contribution in [0.1, 0.15) is 18.1 Å². The minimum atomic E-state index is 0.594. The van der Waals surface area contributed by atoms with Gasteiger partial charge in [-0.1, -0.05) is 37.3 Å². The zero-order valence-electron chi connectivity index (χ0n) is 13.1. The highest BCUT2D eigenvalue weighted by molar-refractivity contribution is 5.49. The van der Waals surface area contributed by atoms with Gasteiger partial charge in [-0.3, -0.25) is 0 Å². The molecule has 0 aliphatic heterocycles. The summed E-state index contributed by atoms with van der Waals surface area (Å²) in [6.45, 7) is 4.60. The van der Waals surface area contributed by atoms with Crippen molar-refractivity contribution in [1.29, 1.82) is 0 Å². The van der Waals surface area contributed by atoms with Gasteiger partial charge in [-0.15, -0.1) is 0 Å². The first-order valence-electron chi connectivity index (χ1n) is 7.37. The average molecular weight is 284 g/mol. The zero-order valence-corrected chi connectivity index (χ0v) is 13.1. The highest BCUT2D eigenvalue weighted by Gasteiger charge is 2.00. The molecule has 0 saturated carbocycles. The lowest BCUT2D eigenvalue weighted by atomic mass is 10.1. The van der Waals surface area contributed by atoms with Gasteiger partial charge in [0, 0.05) is 32.4 Å². The minimum absolute atomic E-state index is 0.594. The second kappa shape index (κ2) is 7.70.